The van der Waals surface area contributed by atoms with Crippen LogP contribution in [0.1, 0.15) is 26.3 Å². The van der Waals surface area contributed by atoms with Crippen LogP contribution in [0.2, 0.25) is 0 Å². The normalized spacial score (nSPS) is 10.7. The van der Waals surface area contributed by atoms with Crippen LogP contribution in [0.25, 0.3) is 0 Å². The molecule has 2 heteroatoms. The Morgan fingerprint density at radius 3 is 2.67 bits per heavy atom. The Kier molecular flexibility index (Phi) is 5.19. The number of ether oxygens (including phenoxy) is 1. The molecule has 0 aliphatic rings. The third-order valence-electron chi connectivity index (χ3n) is 2.27. The van der Waals surface area contributed by atoms with Crippen LogP contribution in [0.15, 0.2) is 24.3 Å². The second-order valence-electron chi connectivity index (χ2n) is 4.16. The van der Waals surface area contributed by atoms with E-state index in [0.29, 0.717) is 0 Å². The van der Waals surface area contributed by atoms with E-state index >= 15 is 0 Å². The zero-order valence-corrected chi connectivity index (χ0v) is 9.99. The van der Waals surface area contributed by atoms with E-state index in [1.807, 2.05) is 19.1 Å². The topological polar surface area (TPSA) is 25.8 Å². The smallest absolute Gasteiger partial charge is 0.128 e. The maximum atomic E-state index is 5.57. The maximum Gasteiger partial charge on any atom is 0.128 e. The highest BCUT2D eigenvalue weighted by atomic mass is 16.5. The second kappa shape index (κ2) is 6.46. The molecule has 0 fully saturated rings. The fraction of sp³-hybridized carbons (Fsp3) is 0.538. The molecule has 15 heavy (non-hydrogen) atoms. The summed E-state index contributed by atoms with van der Waals surface area (Å²) in [5.41, 5.74) is 1.29. The molecule has 0 unspecified atom stereocenters. The monoisotopic (exact) mass is 208 g/mol. The van der Waals surface area contributed by atoms with Gasteiger partial charge in [0.2, 0.25) is 0 Å². The van der Waals surface area contributed by atoms with Crippen molar-refractivity contribution in [3.63, 3.8) is 0 Å². The molecule has 84 valence electrons. The molecule has 0 radical (unpaired) electrons. The number of nitrogens with two attached hydrogens (primary N) is 1. The quantitative estimate of drug-likeness (QED) is 0.758. The van der Waals surface area contributed by atoms with Crippen LogP contribution in [0.3, 0.4) is 0 Å². The first-order valence-electron chi connectivity index (χ1n) is 5.76. The molecule has 0 amide bonds. The first kappa shape index (κ1) is 12.1. The van der Waals surface area contributed by atoms with Crippen molar-refractivity contribution in [2.24, 2.45) is 5.92 Å². The summed E-state index contributed by atoms with van der Waals surface area (Å²) in [6, 6.07) is 8.28. The molecule has 0 heterocycles. The van der Waals surface area contributed by atoms with Gasteiger partial charge in [-0.25, -0.2) is 0 Å². The molecule has 0 atom stereocenters. The van der Waals surface area contributed by atoms with Crippen LogP contribution in [0.5, 0.6) is 5.75 Å². The Labute approximate surface area is 92.6 Å². The average molecular weight is 208 g/mol. The third kappa shape index (κ3) is 4.34. The van der Waals surface area contributed by atoms with Gasteiger partial charge in [-0.2, -0.15) is 0 Å². The molecule has 1 rings (SSSR count). The molecule has 2 N–H and O–H groups in total. The van der Waals surface area contributed by atoms with Crippen molar-refractivity contribution >= 4 is 0 Å². The van der Waals surface area contributed by atoms with Gasteiger partial charge in [-0.3, -0.25) is 0 Å². The predicted octanol–water partition coefficient (Wildman–Crippen LogP) is 1.80. The molecular formula is C13H22NO+. The first-order valence-corrected chi connectivity index (χ1v) is 5.76. The predicted molar refractivity (Wildman–Crippen MR) is 62.9 cm³/mol. The van der Waals surface area contributed by atoms with E-state index in [9.17, 15) is 0 Å². The summed E-state index contributed by atoms with van der Waals surface area (Å²) in [7, 11) is 0. The lowest BCUT2D eigenvalue weighted by atomic mass is 10.2. The molecule has 0 saturated heterocycles. The van der Waals surface area contributed by atoms with Gasteiger partial charge in [0, 0.05) is 11.5 Å². The van der Waals surface area contributed by atoms with Crippen LogP contribution in [-0.2, 0) is 6.54 Å². The van der Waals surface area contributed by atoms with Crippen molar-refractivity contribution in [2.75, 3.05) is 13.2 Å². The van der Waals surface area contributed by atoms with Gasteiger partial charge in [0.1, 0.15) is 12.3 Å². The lowest BCUT2D eigenvalue weighted by molar-refractivity contribution is -0.675. The number of hydrogen-bond donors (Lipinski definition) is 1. The van der Waals surface area contributed by atoms with Gasteiger partial charge < -0.3 is 10.1 Å². The standard InChI is InChI=1S/C13H21NO/c1-4-15-13-8-6-5-7-12(13)10-14-9-11(2)3/h5-8,11,14H,4,9-10H2,1-3H3/p+1. The van der Waals surface area contributed by atoms with Crippen molar-refractivity contribution in [1.82, 2.24) is 0 Å². The second-order valence-corrected chi connectivity index (χ2v) is 4.16. The minimum atomic E-state index is 0.737. The SMILES string of the molecule is CCOc1ccccc1C[NH2+]CC(C)C. The Bertz CT molecular complexity index is 284. The Morgan fingerprint density at radius 2 is 2.00 bits per heavy atom. The average Bonchev–Trinajstić information content (AvgIpc) is 2.20. The van der Waals surface area contributed by atoms with Gasteiger partial charge in [-0.15, -0.1) is 0 Å². The summed E-state index contributed by atoms with van der Waals surface area (Å²) in [4.78, 5) is 0. The van der Waals surface area contributed by atoms with Gasteiger partial charge >= 0.3 is 0 Å². The fourth-order valence-corrected chi connectivity index (χ4v) is 1.54. The summed E-state index contributed by atoms with van der Waals surface area (Å²) in [6.07, 6.45) is 0. The van der Waals surface area contributed by atoms with Crippen LogP contribution in [0, 0.1) is 5.92 Å². The number of rotatable bonds is 6. The van der Waals surface area contributed by atoms with E-state index in [0.717, 1.165) is 24.8 Å². The van der Waals surface area contributed by atoms with Crippen molar-refractivity contribution < 1.29 is 10.1 Å². The highest BCUT2D eigenvalue weighted by Crippen LogP contribution is 2.16. The summed E-state index contributed by atoms with van der Waals surface area (Å²) in [5, 5.41) is 2.34. The zero-order chi connectivity index (χ0) is 11.1. The van der Waals surface area contributed by atoms with E-state index < -0.39 is 0 Å². The Balaban J connectivity index is 2.51. The lowest BCUT2D eigenvalue weighted by Crippen LogP contribution is -2.83. The van der Waals surface area contributed by atoms with Crippen LogP contribution < -0.4 is 10.1 Å². The molecule has 2 nitrogen and oxygen atoms in total. The van der Waals surface area contributed by atoms with Gasteiger partial charge in [0.05, 0.1) is 13.2 Å². The van der Waals surface area contributed by atoms with Crippen LogP contribution >= 0.6 is 0 Å². The zero-order valence-electron chi connectivity index (χ0n) is 9.99. The van der Waals surface area contributed by atoms with Crippen molar-refractivity contribution in [2.45, 2.75) is 27.3 Å². The highest BCUT2D eigenvalue weighted by Gasteiger charge is 2.04. The molecule has 0 saturated carbocycles. The van der Waals surface area contributed by atoms with Crippen molar-refractivity contribution in [3.8, 4) is 5.75 Å². The Hall–Kier alpha value is -1.02. The molecule has 0 aromatic heterocycles. The minimum absolute atomic E-state index is 0.737. The van der Waals surface area contributed by atoms with E-state index in [1.165, 1.54) is 12.1 Å². The molecule has 0 aliphatic carbocycles. The number of quaternary nitrogens is 1. The molecule has 0 bridgehead atoms. The fourth-order valence-electron chi connectivity index (χ4n) is 1.54. The van der Waals surface area contributed by atoms with Gasteiger partial charge in [0.15, 0.2) is 0 Å². The van der Waals surface area contributed by atoms with E-state index in [2.05, 4.69) is 31.3 Å². The summed E-state index contributed by atoms with van der Waals surface area (Å²) < 4.78 is 5.57. The van der Waals surface area contributed by atoms with E-state index in [1.54, 1.807) is 0 Å². The van der Waals surface area contributed by atoms with Gasteiger partial charge in [-0.05, 0) is 19.1 Å². The summed E-state index contributed by atoms with van der Waals surface area (Å²) in [5.74, 6) is 1.77. The van der Waals surface area contributed by atoms with Gasteiger partial charge in [-0.1, -0.05) is 26.0 Å². The van der Waals surface area contributed by atoms with Crippen LogP contribution in [-0.4, -0.2) is 13.2 Å². The largest absolute Gasteiger partial charge is 0.493 e. The third-order valence-corrected chi connectivity index (χ3v) is 2.27. The number of benzene rings is 1. The van der Waals surface area contributed by atoms with E-state index in [4.69, 9.17) is 4.74 Å². The van der Waals surface area contributed by atoms with Gasteiger partial charge in [0.25, 0.3) is 0 Å². The summed E-state index contributed by atoms with van der Waals surface area (Å²) >= 11 is 0. The van der Waals surface area contributed by atoms with E-state index in [-0.39, 0.29) is 0 Å². The minimum Gasteiger partial charge on any atom is -0.493 e. The molecular weight excluding hydrogens is 186 g/mol. The maximum absolute atomic E-state index is 5.57. The molecule has 0 spiro atoms. The Morgan fingerprint density at radius 1 is 1.27 bits per heavy atom. The van der Waals surface area contributed by atoms with Crippen molar-refractivity contribution in [1.29, 1.82) is 0 Å². The number of para-hydroxylation sites is 1. The van der Waals surface area contributed by atoms with Crippen molar-refractivity contribution in [3.05, 3.63) is 29.8 Å². The molecule has 1 aromatic carbocycles. The summed E-state index contributed by atoms with van der Waals surface area (Å²) in [6.45, 7) is 9.42. The van der Waals surface area contributed by atoms with Crippen LogP contribution in [0.4, 0.5) is 0 Å². The molecule has 0 aliphatic heterocycles. The number of hydrogen-bond acceptors (Lipinski definition) is 1. The first-order chi connectivity index (χ1) is 7.24. The molecule has 1 aromatic rings. The highest BCUT2D eigenvalue weighted by molar-refractivity contribution is 5.32. The lowest BCUT2D eigenvalue weighted by Gasteiger charge is -2.09.